The zero-order chi connectivity index (χ0) is 28.8. The summed E-state index contributed by atoms with van der Waals surface area (Å²) in [4.78, 5) is 25.6. The molecule has 4 aromatic rings. The first-order chi connectivity index (χ1) is 19.9. The minimum Gasteiger partial charge on any atom is -0.459 e. The molecule has 0 N–H and O–H groups in total. The van der Waals surface area contributed by atoms with E-state index in [1.54, 1.807) is 43.3 Å². The van der Waals surface area contributed by atoms with E-state index in [-0.39, 0.29) is 17.7 Å². The Morgan fingerprint density at radius 2 is 1.17 bits per heavy atom. The number of ether oxygens (including phenoxy) is 4. The molecule has 0 spiro atoms. The molecular formula is C33H28F2O6. The van der Waals surface area contributed by atoms with Crippen molar-refractivity contribution < 1.29 is 37.3 Å². The van der Waals surface area contributed by atoms with E-state index in [1.807, 2.05) is 60.7 Å². The van der Waals surface area contributed by atoms with Crippen molar-refractivity contribution in [3.63, 3.8) is 0 Å². The van der Waals surface area contributed by atoms with Gasteiger partial charge in [0.2, 0.25) is 6.29 Å². The van der Waals surface area contributed by atoms with Crippen LogP contribution >= 0.6 is 0 Å². The predicted molar refractivity (Wildman–Crippen MR) is 148 cm³/mol. The fraction of sp³-hybridized carbons (Fsp3) is 0.212. The monoisotopic (exact) mass is 558 g/mol. The highest BCUT2D eigenvalue weighted by Crippen LogP contribution is 2.39. The number of carbonyl (C=O) groups excluding carboxylic acids is 2. The van der Waals surface area contributed by atoms with Crippen LogP contribution in [-0.2, 0) is 18.9 Å². The van der Waals surface area contributed by atoms with Crippen molar-refractivity contribution in [2.75, 3.05) is 13.2 Å². The van der Waals surface area contributed by atoms with Gasteiger partial charge in [-0.2, -0.15) is 8.78 Å². The van der Waals surface area contributed by atoms with Crippen LogP contribution in [0.5, 0.6) is 0 Å². The smallest absolute Gasteiger partial charge is 0.338 e. The molecule has 0 bridgehead atoms. The lowest BCUT2D eigenvalue weighted by Crippen LogP contribution is -2.45. The molecular weight excluding hydrogens is 530 g/mol. The number of alkyl halides is 2. The summed E-state index contributed by atoms with van der Waals surface area (Å²) in [7, 11) is 0. The first-order valence-corrected chi connectivity index (χ1v) is 13.2. The summed E-state index contributed by atoms with van der Waals surface area (Å²) in [5.41, 5.74) is 4.02. The van der Waals surface area contributed by atoms with Gasteiger partial charge in [-0.15, -0.1) is 0 Å². The van der Waals surface area contributed by atoms with E-state index in [4.69, 9.17) is 18.9 Å². The Morgan fingerprint density at radius 1 is 0.707 bits per heavy atom. The van der Waals surface area contributed by atoms with Gasteiger partial charge in [0.25, 0.3) is 0 Å². The van der Waals surface area contributed by atoms with Crippen LogP contribution in [-0.4, -0.2) is 49.6 Å². The number of benzene rings is 4. The second kappa shape index (κ2) is 12.4. The molecule has 1 unspecified atom stereocenters. The van der Waals surface area contributed by atoms with E-state index in [0.717, 1.165) is 22.3 Å². The van der Waals surface area contributed by atoms with E-state index < -0.39 is 43.0 Å². The normalized spacial score (nSPS) is 19.4. The van der Waals surface area contributed by atoms with E-state index in [2.05, 4.69) is 0 Å². The predicted octanol–water partition coefficient (Wildman–Crippen LogP) is 6.80. The summed E-state index contributed by atoms with van der Waals surface area (Å²) >= 11 is 0. The number of hydrogen-bond acceptors (Lipinski definition) is 6. The van der Waals surface area contributed by atoms with Crippen molar-refractivity contribution in [3.05, 3.63) is 120 Å². The molecule has 1 aliphatic heterocycles. The minimum atomic E-state index is -3.68. The van der Waals surface area contributed by atoms with Gasteiger partial charge in [0.15, 0.2) is 6.10 Å². The van der Waals surface area contributed by atoms with E-state index in [0.29, 0.717) is 0 Å². The third kappa shape index (κ3) is 6.34. The van der Waals surface area contributed by atoms with Crippen LogP contribution in [0.15, 0.2) is 109 Å². The number of carbonyl (C=O) groups is 2. The van der Waals surface area contributed by atoms with Crippen LogP contribution < -0.4 is 0 Å². The molecule has 4 aromatic carbocycles. The fourth-order valence-electron chi connectivity index (χ4n) is 4.57. The van der Waals surface area contributed by atoms with Crippen molar-refractivity contribution >= 4 is 11.9 Å². The molecule has 0 saturated carbocycles. The molecule has 6 nitrogen and oxygen atoms in total. The maximum atomic E-state index is 15.3. The first-order valence-electron chi connectivity index (χ1n) is 13.2. The van der Waals surface area contributed by atoms with E-state index in [9.17, 15) is 9.59 Å². The highest BCUT2D eigenvalue weighted by Gasteiger charge is 2.62. The Labute approximate surface area is 236 Å². The largest absolute Gasteiger partial charge is 0.459 e. The highest BCUT2D eigenvalue weighted by atomic mass is 19.3. The van der Waals surface area contributed by atoms with Gasteiger partial charge in [-0.1, -0.05) is 84.9 Å². The minimum absolute atomic E-state index is 0.0534. The van der Waals surface area contributed by atoms with Crippen LogP contribution in [0.25, 0.3) is 22.3 Å². The van der Waals surface area contributed by atoms with Crippen molar-refractivity contribution in [1.82, 2.24) is 0 Å². The summed E-state index contributed by atoms with van der Waals surface area (Å²) in [6.07, 6.45) is -5.44. The van der Waals surface area contributed by atoms with Gasteiger partial charge in [0, 0.05) is 6.61 Å². The Kier molecular flexibility index (Phi) is 8.52. The molecule has 3 atom stereocenters. The van der Waals surface area contributed by atoms with E-state index in [1.165, 1.54) is 12.1 Å². The van der Waals surface area contributed by atoms with Crippen LogP contribution in [0, 0.1) is 0 Å². The lowest BCUT2D eigenvalue weighted by Gasteiger charge is -2.23. The van der Waals surface area contributed by atoms with Crippen LogP contribution in [0.2, 0.25) is 0 Å². The zero-order valence-corrected chi connectivity index (χ0v) is 22.2. The Morgan fingerprint density at radius 3 is 1.66 bits per heavy atom. The Bertz CT molecular complexity index is 1460. The number of esters is 2. The van der Waals surface area contributed by atoms with Crippen molar-refractivity contribution in [2.45, 2.75) is 31.3 Å². The maximum Gasteiger partial charge on any atom is 0.338 e. The number of hydrogen-bond donors (Lipinski definition) is 0. The summed E-state index contributed by atoms with van der Waals surface area (Å²) in [6, 6.07) is 32.3. The third-order valence-corrected chi connectivity index (χ3v) is 6.72. The summed E-state index contributed by atoms with van der Waals surface area (Å²) in [6.45, 7) is 0.923. The summed E-state index contributed by atoms with van der Waals surface area (Å²) < 4.78 is 51.5. The van der Waals surface area contributed by atoms with Gasteiger partial charge in [-0.3, -0.25) is 0 Å². The second-order valence-electron chi connectivity index (χ2n) is 9.45. The van der Waals surface area contributed by atoms with Crippen LogP contribution in [0.4, 0.5) is 8.78 Å². The molecule has 5 rings (SSSR count). The second-order valence-corrected chi connectivity index (χ2v) is 9.45. The van der Waals surface area contributed by atoms with Gasteiger partial charge in [0.1, 0.15) is 12.7 Å². The average molecular weight is 559 g/mol. The van der Waals surface area contributed by atoms with Gasteiger partial charge >= 0.3 is 17.9 Å². The molecule has 210 valence electrons. The summed E-state index contributed by atoms with van der Waals surface area (Å²) in [5.74, 6) is -5.36. The Hall–Kier alpha value is -4.40. The SMILES string of the molecule is CCOC1O[C@H](COC(=O)c2ccc(-c3ccccc3)cc2)[C@@H](OC(=O)c2ccc(-c3ccccc3)cc2)C1(F)F. The highest BCUT2D eigenvalue weighted by molar-refractivity contribution is 5.91. The van der Waals surface area contributed by atoms with Crippen molar-refractivity contribution in [3.8, 4) is 22.3 Å². The van der Waals surface area contributed by atoms with E-state index >= 15 is 8.78 Å². The van der Waals surface area contributed by atoms with Crippen LogP contribution in [0.1, 0.15) is 27.6 Å². The maximum absolute atomic E-state index is 15.3. The molecule has 1 fully saturated rings. The molecule has 0 amide bonds. The van der Waals surface area contributed by atoms with Crippen molar-refractivity contribution in [1.29, 1.82) is 0 Å². The molecule has 0 aliphatic carbocycles. The molecule has 41 heavy (non-hydrogen) atoms. The Balaban J connectivity index is 1.26. The molecule has 0 aromatic heterocycles. The summed E-state index contributed by atoms with van der Waals surface area (Å²) in [5, 5.41) is 0. The molecule has 1 aliphatic rings. The van der Waals surface area contributed by atoms with Crippen molar-refractivity contribution in [2.24, 2.45) is 0 Å². The van der Waals surface area contributed by atoms with Gasteiger partial charge in [0.05, 0.1) is 11.1 Å². The molecule has 0 radical (unpaired) electrons. The standard InChI is InChI=1S/C33H28F2O6/c1-2-38-32-33(34,35)29(41-31(37)27-19-15-25(16-20-27)23-11-7-4-8-12-23)28(40-32)21-39-30(36)26-17-13-24(14-18-26)22-9-5-3-6-10-22/h3-20,28-29,32H,2,21H2,1H3/t28-,29-,32?/m1/s1. The van der Waals surface area contributed by atoms with Gasteiger partial charge < -0.3 is 18.9 Å². The first kappa shape index (κ1) is 28.1. The topological polar surface area (TPSA) is 71.1 Å². The molecule has 8 heteroatoms. The fourth-order valence-corrected chi connectivity index (χ4v) is 4.57. The lowest BCUT2D eigenvalue weighted by molar-refractivity contribution is -0.223. The molecule has 1 saturated heterocycles. The van der Waals surface area contributed by atoms with Crippen LogP contribution in [0.3, 0.4) is 0 Å². The molecule has 1 heterocycles. The average Bonchev–Trinajstić information content (AvgIpc) is 3.25. The lowest BCUT2D eigenvalue weighted by atomic mass is 10.0. The van der Waals surface area contributed by atoms with Gasteiger partial charge in [-0.05, 0) is 53.4 Å². The van der Waals surface area contributed by atoms with Gasteiger partial charge in [-0.25, -0.2) is 9.59 Å². The number of halogens is 2. The third-order valence-electron chi connectivity index (χ3n) is 6.72. The number of rotatable bonds is 9. The quantitative estimate of drug-likeness (QED) is 0.211. The zero-order valence-electron chi connectivity index (χ0n) is 22.2.